The Kier molecular flexibility index (Phi) is 2.01. The third kappa shape index (κ3) is 1.50. The summed E-state index contributed by atoms with van der Waals surface area (Å²) in [7, 11) is 0. The molecule has 0 spiro atoms. The van der Waals surface area contributed by atoms with E-state index in [1.165, 1.54) is 0 Å². The van der Waals surface area contributed by atoms with Crippen LogP contribution >= 0.6 is 0 Å². The van der Waals surface area contributed by atoms with Gasteiger partial charge in [-0.3, -0.25) is 5.10 Å². The molecular weight excluding hydrogens is 214 g/mol. The first-order chi connectivity index (χ1) is 8.25. The van der Waals surface area contributed by atoms with E-state index in [1.807, 2.05) is 30.3 Å². The van der Waals surface area contributed by atoms with E-state index in [2.05, 4.69) is 10.2 Å². The van der Waals surface area contributed by atoms with E-state index in [-0.39, 0.29) is 5.75 Å². The number of benzene rings is 2. The lowest BCUT2D eigenvalue weighted by Gasteiger charge is -2.04. The summed E-state index contributed by atoms with van der Waals surface area (Å²) in [6, 6.07) is 13.0. The molecule has 0 saturated carbocycles. The maximum Gasteiger partial charge on any atom is 0.153 e. The number of nitrogens with one attached hydrogen (secondary N) is 1. The Morgan fingerprint density at radius 2 is 1.94 bits per heavy atom. The molecule has 0 aliphatic rings. The van der Waals surface area contributed by atoms with Gasteiger partial charge >= 0.3 is 0 Å². The third-order valence-electron chi connectivity index (χ3n) is 2.81. The number of aromatic hydroxyl groups is 1. The van der Waals surface area contributed by atoms with Crippen molar-refractivity contribution in [2.75, 3.05) is 5.73 Å². The van der Waals surface area contributed by atoms with E-state index in [9.17, 15) is 5.11 Å². The van der Waals surface area contributed by atoms with Crippen LogP contribution in [-0.4, -0.2) is 15.3 Å². The van der Waals surface area contributed by atoms with Crippen LogP contribution in [0.25, 0.3) is 22.0 Å². The lowest BCUT2D eigenvalue weighted by atomic mass is 10.0. The highest BCUT2D eigenvalue weighted by Crippen LogP contribution is 2.31. The zero-order valence-corrected chi connectivity index (χ0v) is 9.01. The average Bonchev–Trinajstić information content (AvgIpc) is 2.71. The van der Waals surface area contributed by atoms with Crippen LogP contribution in [0, 0.1) is 0 Å². The molecule has 0 radical (unpaired) electrons. The van der Waals surface area contributed by atoms with Crippen molar-refractivity contribution >= 4 is 16.7 Å². The number of H-pyrrole nitrogens is 1. The Morgan fingerprint density at radius 1 is 1.12 bits per heavy atom. The molecule has 0 amide bonds. The van der Waals surface area contributed by atoms with Crippen LogP contribution in [0.3, 0.4) is 0 Å². The highest BCUT2D eigenvalue weighted by molar-refractivity contribution is 5.92. The van der Waals surface area contributed by atoms with Gasteiger partial charge in [0, 0.05) is 10.9 Å². The van der Waals surface area contributed by atoms with E-state index < -0.39 is 0 Å². The van der Waals surface area contributed by atoms with Gasteiger partial charge in [-0.15, -0.1) is 0 Å². The van der Waals surface area contributed by atoms with Gasteiger partial charge in [0.2, 0.25) is 0 Å². The van der Waals surface area contributed by atoms with Crippen molar-refractivity contribution in [3.8, 4) is 16.9 Å². The molecule has 0 aliphatic carbocycles. The Labute approximate surface area is 97.7 Å². The minimum atomic E-state index is 0.258. The summed E-state index contributed by atoms with van der Waals surface area (Å²) < 4.78 is 0. The van der Waals surface area contributed by atoms with Crippen LogP contribution < -0.4 is 5.73 Å². The van der Waals surface area contributed by atoms with Crippen molar-refractivity contribution in [3.05, 3.63) is 42.5 Å². The predicted octanol–water partition coefficient (Wildman–Crippen LogP) is 2.52. The number of hydrogen-bond donors (Lipinski definition) is 3. The highest BCUT2D eigenvalue weighted by Gasteiger charge is 2.07. The molecule has 0 bridgehead atoms. The largest absolute Gasteiger partial charge is 0.507 e. The fraction of sp³-hybridized carbons (Fsp3) is 0. The molecule has 4 heteroatoms. The van der Waals surface area contributed by atoms with Crippen LogP contribution in [0.15, 0.2) is 42.5 Å². The van der Waals surface area contributed by atoms with Crippen LogP contribution in [-0.2, 0) is 0 Å². The monoisotopic (exact) mass is 225 g/mol. The van der Waals surface area contributed by atoms with Crippen molar-refractivity contribution in [2.24, 2.45) is 0 Å². The van der Waals surface area contributed by atoms with Crippen molar-refractivity contribution in [3.63, 3.8) is 0 Å². The second-order valence-corrected chi connectivity index (χ2v) is 3.89. The third-order valence-corrected chi connectivity index (χ3v) is 2.81. The Morgan fingerprint density at radius 3 is 2.76 bits per heavy atom. The molecular formula is C13H11N3O. The molecule has 1 heterocycles. The first kappa shape index (κ1) is 9.72. The van der Waals surface area contributed by atoms with Gasteiger partial charge in [0.15, 0.2) is 5.82 Å². The van der Waals surface area contributed by atoms with Crippen LogP contribution in [0.1, 0.15) is 0 Å². The smallest absolute Gasteiger partial charge is 0.153 e. The summed E-state index contributed by atoms with van der Waals surface area (Å²) >= 11 is 0. The highest BCUT2D eigenvalue weighted by atomic mass is 16.3. The summed E-state index contributed by atoms with van der Waals surface area (Å²) in [4.78, 5) is 0. The topological polar surface area (TPSA) is 74.9 Å². The number of nitrogens with two attached hydrogens (primary N) is 1. The van der Waals surface area contributed by atoms with Gasteiger partial charge in [0.1, 0.15) is 5.75 Å². The average molecular weight is 225 g/mol. The quantitative estimate of drug-likeness (QED) is 0.595. The fourth-order valence-electron chi connectivity index (χ4n) is 1.92. The second-order valence-electron chi connectivity index (χ2n) is 3.89. The van der Waals surface area contributed by atoms with Crippen molar-refractivity contribution in [2.45, 2.75) is 0 Å². The number of aromatic amines is 1. The van der Waals surface area contributed by atoms with E-state index in [4.69, 9.17) is 5.73 Å². The lowest BCUT2D eigenvalue weighted by Crippen LogP contribution is -1.84. The summed E-state index contributed by atoms with van der Waals surface area (Å²) in [5.74, 6) is 0.728. The van der Waals surface area contributed by atoms with E-state index >= 15 is 0 Å². The standard InChI is InChI=1S/C13H11N3O/c14-13-10-7-8(5-6-11(10)15-16-13)9-3-1-2-4-12(9)17/h1-7,17H,(H3,14,15,16). The van der Waals surface area contributed by atoms with Gasteiger partial charge in [-0.2, -0.15) is 5.10 Å². The second kappa shape index (κ2) is 3.52. The van der Waals surface area contributed by atoms with E-state index in [1.54, 1.807) is 12.1 Å². The van der Waals surface area contributed by atoms with Gasteiger partial charge < -0.3 is 10.8 Å². The van der Waals surface area contributed by atoms with Gasteiger partial charge in [-0.05, 0) is 23.8 Å². The predicted molar refractivity (Wildman–Crippen MR) is 67.6 cm³/mol. The van der Waals surface area contributed by atoms with Gasteiger partial charge in [0.05, 0.1) is 5.52 Å². The Hall–Kier alpha value is -2.49. The van der Waals surface area contributed by atoms with Crippen molar-refractivity contribution in [1.82, 2.24) is 10.2 Å². The summed E-state index contributed by atoms with van der Waals surface area (Å²) in [6.07, 6.45) is 0. The molecule has 0 unspecified atom stereocenters. The molecule has 3 aromatic rings. The van der Waals surface area contributed by atoms with Crippen LogP contribution in [0.5, 0.6) is 5.75 Å². The number of para-hydroxylation sites is 1. The van der Waals surface area contributed by atoms with E-state index in [0.717, 1.165) is 22.0 Å². The van der Waals surface area contributed by atoms with Crippen molar-refractivity contribution < 1.29 is 5.11 Å². The maximum absolute atomic E-state index is 9.80. The fourth-order valence-corrected chi connectivity index (χ4v) is 1.92. The minimum absolute atomic E-state index is 0.258. The normalized spacial score (nSPS) is 10.8. The minimum Gasteiger partial charge on any atom is -0.507 e. The number of nitrogens with zero attached hydrogens (tertiary/aromatic N) is 1. The Balaban J connectivity index is 2.24. The number of rotatable bonds is 1. The SMILES string of the molecule is Nc1n[nH]c2ccc(-c3ccccc3O)cc12. The molecule has 2 aromatic carbocycles. The van der Waals surface area contributed by atoms with Crippen LogP contribution in [0.2, 0.25) is 0 Å². The maximum atomic E-state index is 9.80. The summed E-state index contributed by atoms with van der Waals surface area (Å²) in [5, 5.41) is 17.5. The van der Waals surface area contributed by atoms with Crippen molar-refractivity contribution in [1.29, 1.82) is 0 Å². The number of aromatic nitrogens is 2. The molecule has 0 fully saturated rings. The summed E-state index contributed by atoms with van der Waals surface area (Å²) in [6.45, 7) is 0. The molecule has 3 rings (SSSR count). The molecule has 17 heavy (non-hydrogen) atoms. The zero-order chi connectivity index (χ0) is 11.8. The Bertz CT molecular complexity index is 688. The summed E-state index contributed by atoms with van der Waals surface area (Å²) in [5.41, 5.74) is 8.35. The first-order valence-electron chi connectivity index (χ1n) is 5.27. The molecule has 0 aliphatic heterocycles. The number of anilines is 1. The lowest BCUT2D eigenvalue weighted by molar-refractivity contribution is 0.477. The number of fused-ring (bicyclic) bond motifs is 1. The number of phenols is 1. The molecule has 1 aromatic heterocycles. The molecule has 4 N–H and O–H groups in total. The van der Waals surface area contributed by atoms with Gasteiger partial charge in [0.25, 0.3) is 0 Å². The number of phenolic OH excluding ortho intramolecular Hbond substituents is 1. The molecule has 4 nitrogen and oxygen atoms in total. The van der Waals surface area contributed by atoms with E-state index in [0.29, 0.717) is 5.82 Å². The van der Waals surface area contributed by atoms with Gasteiger partial charge in [-0.25, -0.2) is 0 Å². The molecule has 0 atom stereocenters. The molecule has 0 saturated heterocycles. The first-order valence-corrected chi connectivity index (χ1v) is 5.27. The van der Waals surface area contributed by atoms with Gasteiger partial charge in [-0.1, -0.05) is 24.3 Å². The van der Waals surface area contributed by atoms with Crippen LogP contribution in [0.4, 0.5) is 5.82 Å². The number of nitrogen functional groups attached to an aromatic ring is 1. The zero-order valence-electron chi connectivity index (χ0n) is 9.01. The number of hydrogen-bond acceptors (Lipinski definition) is 3. The molecule has 84 valence electrons.